The molecule has 0 amide bonds. The molecular weight excluding hydrogens is 256 g/mol. The van der Waals surface area contributed by atoms with Gasteiger partial charge in [0.2, 0.25) is 0 Å². The van der Waals surface area contributed by atoms with Crippen molar-refractivity contribution in [2.75, 3.05) is 0 Å². The van der Waals surface area contributed by atoms with Crippen molar-refractivity contribution in [2.24, 2.45) is 0 Å². The number of benzene rings is 1. The van der Waals surface area contributed by atoms with Crippen LogP contribution in [-0.2, 0) is 11.2 Å². The monoisotopic (exact) mass is 264 g/mol. The van der Waals surface area contributed by atoms with Crippen LogP contribution in [0.3, 0.4) is 0 Å². The topological polar surface area (TPSA) is 72.3 Å². The number of ether oxygens (including phenoxy) is 1. The third-order valence-corrected chi connectivity index (χ3v) is 2.28. The normalized spacial score (nSPS) is 10.1. The summed E-state index contributed by atoms with van der Waals surface area (Å²) in [7, 11) is 0. The summed E-state index contributed by atoms with van der Waals surface area (Å²) < 4.78 is 5.37. The van der Waals surface area contributed by atoms with E-state index in [1.807, 2.05) is 0 Å². The van der Waals surface area contributed by atoms with Crippen molar-refractivity contribution in [1.29, 1.82) is 0 Å². The predicted octanol–water partition coefficient (Wildman–Crippen LogP) is 2.55. The lowest BCUT2D eigenvalue weighted by atomic mass is 10.1. The second-order valence-corrected chi connectivity index (χ2v) is 3.94. The highest BCUT2D eigenvalue weighted by atomic mass is 35.5. The van der Waals surface area contributed by atoms with E-state index in [1.165, 1.54) is 12.4 Å². The van der Waals surface area contributed by atoms with E-state index >= 15 is 0 Å². The first kappa shape index (κ1) is 12.3. The Morgan fingerprint density at radius 1 is 1.22 bits per heavy atom. The molecule has 1 aromatic heterocycles. The molecule has 1 aromatic carbocycles. The van der Waals surface area contributed by atoms with Crippen LogP contribution in [0.2, 0.25) is 5.02 Å². The SMILES string of the molecule is O=C(O)Cc1ccc(Oc2ncc(Cl)cn2)cc1. The Morgan fingerprint density at radius 2 is 1.83 bits per heavy atom. The molecule has 0 unspecified atom stereocenters. The van der Waals surface area contributed by atoms with Gasteiger partial charge in [0, 0.05) is 0 Å². The molecule has 0 aliphatic heterocycles. The summed E-state index contributed by atoms with van der Waals surface area (Å²) in [5.74, 6) is -0.337. The lowest BCUT2D eigenvalue weighted by molar-refractivity contribution is -0.136. The van der Waals surface area contributed by atoms with Crippen molar-refractivity contribution in [3.05, 3.63) is 47.2 Å². The minimum atomic E-state index is -0.871. The molecule has 18 heavy (non-hydrogen) atoms. The molecule has 0 saturated carbocycles. The van der Waals surface area contributed by atoms with E-state index in [0.29, 0.717) is 16.3 Å². The summed E-state index contributed by atoms with van der Waals surface area (Å²) >= 11 is 5.65. The molecule has 92 valence electrons. The number of rotatable bonds is 4. The second-order valence-electron chi connectivity index (χ2n) is 3.50. The fraction of sp³-hybridized carbons (Fsp3) is 0.0833. The van der Waals surface area contributed by atoms with Gasteiger partial charge in [0.15, 0.2) is 0 Å². The molecule has 0 aliphatic rings. The van der Waals surface area contributed by atoms with Gasteiger partial charge in [0.05, 0.1) is 23.8 Å². The van der Waals surface area contributed by atoms with Crippen molar-refractivity contribution in [3.63, 3.8) is 0 Å². The first-order chi connectivity index (χ1) is 8.63. The molecule has 6 heteroatoms. The molecule has 0 radical (unpaired) electrons. The van der Waals surface area contributed by atoms with Gasteiger partial charge in [0.25, 0.3) is 0 Å². The van der Waals surface area contributed by atoms with Crippen LogP contribution in [0.5, 0.6) is 11.8 Å². The van der Waals surface area contributed by atoms with Gasteiger partial charge in [-0.25, -0.2) is 9.97 Å². The zero-order valence-corrected chi connectivity index (χ0v) is 9.96. The summed E-state index contributed by atoms with van der Waals surface area (Å²) in [6.45, 7) is 0. The molecule has 0 aliphatic carbocycles. The molecule has 0 fully saturated rings. The van der Waals surface area contributed by atoms with Gasteiger partial charge in [-0.2, -0.15) is 0 Å². The highest BCUT2D eigenvalue weighted by Crippen LogP contribution is 2.18. The van der Waals surface area contributed by atoms with Crippen molar-refractivity contribution in [1.82, 2.24) is 9.97 Å². The van der Waals surface area contributed by atoms with Gasteiger partial charge in [-0.15, -0.1) is 0 Å². The van der Waals surface area contributed by atoms with E-state index in [4.69, 9.17) is 21.4 Å². The van der Waals surface area contributed by atoms with Crippen LogP contribution in [0.15, 0.2) is 36.7 Å². The van der Waals surface area contributed by atoms with E-state index in [9.17, 15) is 4.79 Å². The van der Waals surface area contributed by atoms with Crippen LogP contribution in [0.1, 0.15) is 5.56 Å². The zero-order valence-electron chi connectivity index (χ0n) is 9.21. The third kappa shape index (κ3) is 3.43. The Hall–Kier alpha value is -2.14. The summed E-state index contributed by atoms with van der Waals surface area (Å²) in [4.78, 5) is 18.3. The van der Waals surface area contributed by atoms with E-state index in [2.05, 4.69) is 9.97 Å². The highest BCUT2D eigenvalue weighted by Gasteiger charge is 2.03. The van der Waals surface area contributed by atoms with Gasteiger partial charge in [-0.3, -0.25) is 4.79 Å². The Labute approximate surface area is 108 Å². The molecule has 0 spiro atoms. The van der Waals surface area contributed by atoms with Crippen LogP contribution in [-0.4, -0.2) is 21.0 Å². The summed E-state index contributed by atoms with van der Waals surface area (Å²) in [6.07, 6.45) is 2.85. The quantitative estimate of drug-likeness (QED) is 0.919. The van der Waals surface area contributed by atoms with Gasteiger partial charge >= 0.3 is 12.0 Å². The molecular formula is C12H9ClN2O3. The van der Waals surface area contributed by atoms with Gasteiger partial charge in [0.1, 0.15) is 5.75 Å². The maximum Gasteiger partial charge on any atom is 0.321 e. The molecule has 2 rings (SSSR count). The molecule has 2 aromatic rings. The maximum atomic E-state index is 10.5. The van der Waals surface area contributed by atoms with E-state index < -0.39 is 5.97 Å². The van der Waals surface area contributed by atoms with Crippen LogP contribution < -0.4 is 4.74 Å². The molecule has 0 saturated heterocycles. The fourth-order valence-corrected chi connectivity index (χ4v) is 1.41. The first-order valence-electron chi connectivity index (χ1n) is 5.09. The maximum absolute atomic E-state index is 10.5. The largest absolute Gasteiger partial charge is 0.481 e. The lowest BCUT2D eigenvalue weighted by Gasteiger charge is -2.04. The molecule has 0 atom stereocenters. The zero-order chi connectivity index (χ0) is 13.0. The summed E-state index contributed by atoms with van der Waals surface area (Å²) in [6, 6.07) is 6.87. The number of carboxylic acid groups (broad SMARTS) is 1. The van der Waals surface area contributed by atoms with Crippen molar-refractivity contribution < 1.29 is 14.6 Å². The smallest absolute Gasteiger partial charge is 0.321 e. The number of nitrogens with zero attached hydrogens (tertiary/aromatic N) is 2. The number of aromatic nitrogens is 2. The summed E-state index contributed by atoms with van der Waals surface area (Å²) in [5.41, 5.74) is 0.701. The number of halogens is 1. The molecule has 1 heterocycles. The lowest BCUT2D eigenvalue weighted by Crippen LogP contribution is -1.99. The summed E-state index contributed by atoms with van der Waals surface area (Å²) in [5, 5.41) is 9.06. The Bertz CT molecular complexity index is 540. The van der Waals surface area contributed by atoms with Crippen LogP contribution in [0, 0.1) is 0 Å². The molecule has 5 nitrogen and oxygen atoms in total. The van der Waals surface area contributed by atoms with Crippen molar-refractivity contribution in [2.45, 2.75) is 6.42 Å². The average Bonchev–Trinajstić information content (AvgIpc) is 2.34. The standard InChI is InChI=1S/C12H9ClN2O3/c13-9-6-14-12(15-7-9)18-10-3-1-8(2-4-10)5-11(16)17/h1-4,6-7H,5H2,(H,16,17). The highest BCUT2D eigenvalue weighted by molar-refractivity contribution is 6.30. The van der Waals surface area contributed by atoms with Crippen LogP contribution in [0.4, 0.5) is 0 Å². The van der Waals surface area contributed by atoms with E-state index in [1.54, 1.807) is 24.3 Å². The minimum absolute atomic E-state index is 0.0161. The first-order valence-corrected chi connectivity index (χ1v) is 5.47. The van der Waals surface area contributed by atoms with Gasteiger partial charge < -0.3 is 9.84 Å². The van der Waals surface area contributed by atoms with Gasteiger partial charge in [-0.05, 0) is 17.7 Å². The second kappa shape index (κ2) is 5.46. The Kier molecular flexibility index (Phi) is 3.74. The number of carboxylic acids is 1. The number of hydrogen-bond donors (Lipinski definition) is 1. The van der Waals surface area contributed by atoms with Crippen LogP contribution >= 0.6 is 11.6 Å². The number of aliphatic carboxylic acids is 1. The van der Waals surface area contributed by atoms with Crippen LogP contribution in [0.25, 0.3) is 0 Å². The van der Waals surface area contributed by atoms with Crippen molar-refractivity contribution >= 4 is 17.6 Å². The Morgan fingerprint density at radius 3 is 2.39 bits per heavy atom. The van der Waals surface area contributed by atoms with Crippen molar-refractivity contribution in [3.8, 4) is 11.8 Å². The number of carbonyl (C=O) groups is 1. The third-order valence-electron chi connectivity index (χ3n) is 2.08. The number of hydrogen-bond acceptors (Lipinski definition) is 4. The van der Waals surface area contributed by atoms with E-state index in [-0.39, 0.29) is 12.4 Å². The predicted molar refractivity (Wildman–Crippen MR) is 64.9 cm³/mol. The Balaban J connectivity index is 2.06. The fourth-order valence-electron chi connectivity index (χ4n) is 1.31. The molecule has 1 N–H and O–H groups in total. The molecule has 0 bridgehead atoms. The van der Waals surface area contributed by atoms with E-state index in [0.717, 1.165) is 0 Å². The van der Waals surface area contributed by atoms with Gasteiger partial charge in [-0.1, -0.05) is 23.7 Å². The average molecular weight is 265 g/mol. The minimum Gasteiger partial charge on any atom is -0.481 e.